The molecule has 0 spiro atoms. The summed E-state index contributed by atoms with van der Waals surface area (Å²) in [5.74, 6) is 0. The summed E-state index contributed by atoms with van der Waals surface area (Å²) in [6.07, 6.45) is 2.56. The van der Waals surface area contributed by atoms with Crippen LogP contribution >= 0.6 is 0 Å². The topological polar surface area (TPSA) is 9.23 Å². The second kappa shape index (κ2) is 3.22. The lowest BCUT2D eigenvalue weighted by molar-refractivity contribution is 0.198. The highest BCUT2D eigenvalue weighted by molar-refractivity contribution is 5.75. The zero-order valence-electron chi connectivity index (χ0n) is 3.81. The van der Waals surface area contributed by atoms with Crippen molar-refractivity contribution in [2.45, 2.75) is 12.8 Å². The van der Waals surface area contributed by atoms with Gasteiger partial charge in [0.05, 0.1) is 0 Å². The summed E-state index contributed by atoms with van der Waals surface area (Å²) in [7, 11) is 0. The van der Waals surface area contributed by atoms with Crippen LogP contribution in [0.25, 0.3) is 0 Å². The molecule has 0 aliphatic carbocycles. The fraction of sp³-hybridized carbons (Fsp3) is 1.00. The van der Waals surface area contributed by atoms with Crippen LogP contribution in [0.2, 0.25) is 0 Å². The van der Waals surface area contributed by atoms with E-state index < -0.39 is 0 Å². The summed E-state index contributed by atoms with van der Waals surface area (Å²) in [5, 5.41) is 0. The first-order chi connectivity index (χ1) is 2.50. The van der Waals surface area contributed by atoms with Crippen molar-refractivity contribution in [2.75, 3.05) is 13.2 Å². The molecular weight excluding hydrogens is 74.9 g/mol. The van der Waals surface area contributed by atoms with Gasteiger partial charge in [-0.3, -0.25) is 0 Å². The normalized spacial score (nSPS) is 20.0. The molecule has 0 amide bonds. The van der Waals surface area contributed by atoms with E-state index in [0.29, 0.717) is 0 Å². The Kier molecular flexibility index (Phi) is 3.24. The highest BCUT2D eigenvalue weighted by atomic mass is 16.5. The van der Waals surface area contributed by atoms with E-state index >= 15 is 0 Å². The SMILES string of the molecule is C1CCOC1.[B].[HH]. The van der Waals surface area contributed by atoms with Crippen molar-refractivity contribution in [1.29, 1.82) is 0 Å². The van der Waals surface area contributed by atoms with Crippen molar-refractivity contribution in [2.24, 2.45) is 0 Å². The molecule has 0 unspecified atom stereocenters. The number of ether oxygens (including phenoxy) is 1. The van der Waals surface area contributed by atoms with Crippen LogP contribution in [0.1, 0.15) is 14.3 Å². The van der Waals surface area contributed by atoms with Crippen molar-refractivity contribution in [3.05, 3.63) is 0 Å². The molecule has 0 N–H and O–H groups in total. The van der Waals surface area contributed by atoms with Crippen molar-refractivity contribution >= 4 is 8.41 Å². The average Bonchev–Trinajstić information content (AvgIpc) is 1.76. The van der Waals surface area contributed by atoms with Gasteiger partial charge in [-0.05, 0) is 12.8 Å². The van der Waals surface area contributed by atoms with E-state index in [-0.39, 0.29) is 9.84 Å². The van der Waals surface area contributed by atoms with Crippen LogP contribution in [0.4, 0.5) is 0 Å². The Hall–Kier alpha value is 0.0249. The van der Waals surface area contributed by atoms with Crippen molar-refractivity contribution < 1.29 is 6.16 Å². The monoisotopic (exact) mass is 85.1 g/mol. The third-order valence-electron chi connectivity index (χ3n) is 0.827. The first-order valence-corrected chi connectivity index (χ1v) is 2.08. The minimum Gasteiger partial charge on any atom is -0.381 e. The molecule has 1 aliphatic rings. The Morgan fingerprint density at radius 2 is 1.67 bits per heavy atom. The van der Waals surface area contributed by atoms with Gasteiger partial charge in [0, 0.05) is 23.1 Å². The van der Waals surface area contributed by atoms with Crippen LogP contribution in [0.3, 0.4) is 0 Å². The van der Waals surface area contributed by atoms with Gasteiger partial charge < -0.3 is 4.74 Å². The summed E-state index contributed by atoms with van der Waals surface area (Å²) in [6.45, 7) is 2.00. The van der Waals surface area contributed by atoms with E-state index in [0.717, 1.165) is 13.2 Å². The molecule has 6 heavy (non-hydrogen) atoms. The van der Waals surface area contributed by atoms with Crippen LogP contribution in [0.5, 0.6) is 0 Å². The lowest BCUT2D eigenvalue weighted by Gasteiger charge is -1.76. The third-order valence-corrected chi connectivity index (χ3v) is 0.827. The Bertz CT molecular complexity index is 23.3. The molecule has 0 aromatic carbocycles. The number of hydrogen-bond donors (Lipinski definition) is 0. The van der Waals surface area contributed by atoms with E-state index in [2.05, 4.69) is 0 Å². The molecule has 0 aromatic heterocycles. The quantitative estimate of drug-likeness (QED) is 0.392. The molecule has 1 saturated heterocycles. The van der Waals surface area contributed by atoms with Crippen LogP contribution in [-0.4, -0.2) is 21.6 Å². The molecule has 1 nitrogen and oxygen atoms in total. The lowest BCUT2D eigenvalue weighted by atomic mass is 10.4. The standard InChI is InChI=1S/C4H8O.B.H2/c1-2-4-5-3-1;;/h1-4H2;;1H. The fourth-order valence-electron chi connectivity index (χ4n) is 0.510. The van der Waals surface area contributed by atoms with Crippen LogP contribution < -0.4 is 0 Å². The second-order valence-electron chi connectivity index (χ2n) is 1.32. The predicted octanol–water partition coefficient (Wildman–Crippen LogP) is 0.662. The average molecular weight is 84.9 g/mol. The van der Waals surface area contributed by atoms with Crippen molar-refractivity contribution in [3.63, 3.8) is 0 Å². The zero-order chi connectivity index (χ0) is 3.54. The number of rotatable bonds is 0. The Morgan fingerprint density at radius 1 is 1.17 bits per heavy atom. The van der Waals surface area contributed by atoms with E-state index in [1.807, 2.05) is 0 Å². The minimum absolute atomic E-state index is 0. The minimum atomic E-state index is 0. The summed E-state index contributed by atoms with van der Waals surface area (Å²) in [5.41, 5.74) is 0. The molecule has 35 valence electrons. The maximum absolute atomic E-state index is 4.94. The van der Waals surface area contributed by atoms with Gasteiger partial charge in [0.2, 0.25) is 0 Å². The highest BCUT2D eigenvalue weighted by Gasteiger charge is 1.94. The molecular formula is C4H10BO. The lowest BCUT2D eigenvalue weighted by Crippen LogP contribution is -1.74. The van der Waals surface area contributed by atoms with Crippen LogP contribution in [-0.2, 0) is 4.74 Å². The zero-order valence-corrected chi connectivity index (χ0v) is 3.81. The Balaban J connectivity index is 0. The van der Waals surface area contributed by atoms with E-state index in [1.54, 1.807) is 0 Å². The summed E-state index contributed by atoms with van der Waals surface area (Å²) >= 11 is 0. The maximum Gasteiger partial charge on any atom is 0.0466 e. The summed E-state index contributed by atoms with van der Waals surface area (Å²) in [4.78, 5) is 0. The molecule has 0 aromatic rings. The Labute approximate surface area is 41.7 Å². The highest BCUT2D eigenvalue weighted by Crippen LogP contribution is 1.98. The van der Waals surface area contributed by atoms with Crippen molar-refractivity contribution in [3.8, 4) is 0 Å². The van der Waals surface area contributed by atoms with Gasteiger partial charge in [-0.1, -0.05) is 0 Å². The molecule has 1 heterocycles. The van der Waals surface area contributed by atoms with Gasteiger partial charge in [0.25, 0.3) is 0 Å². The van der Waals surface area contributed by atoms with Gasteiger partial charge in [-0.25, -0.2) is 0 Å². The third kappa shape index (κ3) is 1.46. The molecule has 1 rings (SSSR count). The summed E-state index contributed by atoms with van der Waals surface area (Å²) in [6, 6.07) is 0. The van der Waals surface area contributed by atoms with E-state index in [1.165, 1.54) is 12.8 Å². The van der Waals surface area contributed by atoms with E-state index in [4.69, 9.17) is 4.74 Å². The van der Waals surface area contributed by atoms with Gasteiger partial charge in [-0.2, -0.15) is 0 Å². The predicted molar refractivity (Wildman–Crippen MR) is 27.9 cm³/mol. The van der Waals surface area contributed by atoms with Crippen molar-refractivity contribution in [1.82, 2.24) is 0 Å². The molecule has 3 radical (unpaired) electrons. The summed E-state index contributed by atoms with van der Waals surface area (Å²) < 4.78 is 4.94. The van der Waals surface area contributed by atoms with Gasteiger partial charge >= 0.3 is 0 Å². The van der Waals surface area contributed by atoms with Crippen LogP contribution in [0, 0.1) is 0 Å². The maximum atomic E-state index is 4.94. The second-order valence-corrected chi connectivity index (χ2v) is 1.32. The smallest absolute Gasteiger partial charge is 0.0466 e. The number of hydrogen-bond acceptors (Lipinski definition) is 1. The molecule has 2 heteroatoms. The van der Waals surface area contributed by atoms with E-state index in [9.17, 15) is 0 Å². The van der Waals surface area contributed by atoms with Gasteiger partial charge in [0.1, 0.15) is 0 Å². The van der Waals surface area contributed by atoms with Gasteiger partial charge in [0.15, 0.2) is 0 Å². The molecule has 1 aliphatic heterocycles. The van der Waals surface area contributed by atoms with Crippen LogP contribution in [0.15, 0.2) is 0 Å². The fourth-order valence-corrected chi connectivity index (χ4v) is 0.510. The molecule has 0 saturated carbocycles. The molecule has 0 bridgehead atoms. The first-order valence-electron chi connectivity index (χ1n) is 2.08. The first kappa shape index (κ1) is 6.02. The Morgan fingerprint density at radius 3 is 1.83 bits per heavy atom. The largest absolute Gasteiger partial charge is 0.381 e. The molecule has 0 atom stereocenters. The van der Waals surface area contributed by atoms with Gasteiger partial charge in [-0.15, -0.1) is 0 Å². The molecule has 1 fully saturated rings.